The molecule has 2 N–H and O–H groups in total. The van der Waals surface area contributed by atoms with E-state index in [0.29, 0.717) is 26.4 Å². The summed E-state index contributed by atoms with van der Waals surface area (Å²) < 4.78 is 15.3. The number of alkyl carbamates (subject to hydrolysis) is 1. The largest absolute Gasteiger partial charge is 0.444 e. The fourth-order valence-corrected chi connectivity index (χ4v) is 1.24. The van der Waals surface area contributed by atoms with Crippen molar-refractivity contribution in [3.63, 3.8) is 0 Å². The highest BCUT2D eigenvalue weighted by atomic mass is 16.6. The van der Waals surface area contributed by atoms with E-state index in [1.807, 2.05) is 27.7 Å². The number of rotatable bonds is 9. The second kappa shape index (κ2) is 10.00. The van der Waals surface area contributed by atoms with Crippen LogP contribution in [0.3, 0.4) is 0 Å². The summed E-state index contributed by atoms with van der Waals surface area (Å²) in [6.45, 7) is 10.6. The van der Waals surface area contributed by atoms with Gasteiger partial charge in [0.25, 0.3) is 0 Å². The van der Waals surface area contributed by atoms with Gasteiger partial charge in [-0.05, 0) is 27.7 Å². The minimum atomic E-state index is -0.462. The molecular formula is C13H28N2O4. The molecule has 0 radical (unpaired) electrons. The number of carbonyl (C=O) groups excluding carboxylic acids is 1. The van der Waals surface area contributed by atoms with Crippen molar-refractivity contribution < 1.29 is 19.0 Å². The van der Waals surface area contributed by atoms with Gasteiger partial charge in [0.05, 0.1) is 19.8 Å². The fourth-order valence-electron chi connectivity index (χ4n) is 1.24. The summed E-state index contributed by atoms with van der Waals surface area (Å²) >= 11 is 0. The average Bonchev–Trinajstić information content (AvgIpc) is 2.29. The van der Waals surface area contributed by atoms with Crippen LogP contribution in [0.4, 0.5) is 4.79 Å². The standard InChI is InChI=1S/C13H28N2O4/c1-11(14-6-7-18-9-8-17-5)10-15-12(16)19-13(2,3)4/h11,14H,6-10H2,1-5H3,(H,15,16). The summed E-state index contributed by atoms with van der Waals surface area (Å²) in [5.41, 5.74) is -0.462. The summed E-state index contributed by atoms with van der Waals surface area (Å²) in [5, 5.41) is 5.96. The van der Waals surface area contributed by atoms with E-state index in [1.165, 1.54) is 0 Å². The van der Waals surface area contributed by atoms with Gasteiger partial charge < -0.3 is 24.8 Å². The molecule has 0 aromatic carbocycles. The number of hydrogen-bond acceptors (Lipinski definition) is 5. The van der Waals surface area contributed by atoms with Crippen LogP contribution in [0.25, 0.3) is 0 Å². The van der Waals surface area contributed by atoms with Crippen molar-refractivity contribution >= 4 is 6.09 Å². The Morgan fingerprint density at radius 1 is 1.21 bits per heavy atom. The fraction of sp³-hybridized carbons (Fsp3) is 0.923. The molecule has 1 unspecified atom stereocenters. The molecule has 0 fully saturated rings. The van der Waals surface area contributed by atoms with Gasteiger partial charge in [0.2, 0.25) is 0 Å². The summed E-state index contributed by atoms with van der Waals surface area (Å²) in [7, 11) is 1.64. The molecule has 6 nitrogen and oxygen atoms in total. The lowest BCUT2D eigenvalue weighted by molar-refractivity contribution is 0.0521. The predicted octanol–water partition coefficient (Wildman–Crippen LogP) is 1.15. The first kappa shape index (κ1) is 18.1. The molecule has 0 saturated heterocycles. The first-order chi connectivity index (χ1) is 8.85. The molecular weight excluding hydrogens is 248 g/mol. The quantitative estimate of drug-likeness (QED) is 0.618. The lowest BCUT2D eigenvalue weighted by Gasteiger charge is -2.21. The van der Waals surface area contributed by atoms with Gasteiger partial charge in [0.1, 0.15) is 5.60 Å². The van der Waals surface area contributed by atoms with Gasteiger partial charge in [-0.2, -0.15) is 0 Å². The molecule has 0 bridgehead atoms. The molecule has 0 rings (SSSR count). The Balaban J connectivity index is 3.48. The zero-order chi connectivity index (χ0) is 14.7. The second-order valence-electron chi connectivity index (χ2n) is 5.34. The molecule has 6 heteroatoms. The van der Waals surface area contributed by atoms with Gasteiger partial charge in [-0.3, -0.25) is 0 Å². The van der Waals surface area contributed by atoms with E-state index >= 15 is 0 Å². The lowest BCUT2D eigenvalue weighted by Crippen LogP contribution is -2.42. The molecule has 0 aromatic heterocycles. The number of hydrogen-bond donors (Lipinski definition) is 2. The number of ether oxygens (including phenoxy) is 3. The normalized spacial score (nSPS) is 13.1. The smallest absolute Gasteiger partial charge is 0.407 e. The van der Waals surface area contributed by atoms with Crippen LogP contribution < -0.4 is 10.6 Å². The molecule has 0 aliphatic heterocycles. The number of carbonyl (C=O) groups is 1. The maximum Gasteiger partial charge on any atom is 0.407 e. The Labute approximate surface area is 116 Å². The molecule has 0 aromatic rings. The van der Waals surface area contributed by atoms with Crippen molar-refractivity contribution in [1.29, 1.82) is 0 Å². The van der Waals surface area contributed by atoms with Gasteiger partial charge in [0, 0.05) is 26.2 Å². The topological polar surface area (TPSA) is 68.8 Å². The van der Waals surface area contributed by atoms with E-state index < -0.39 is 11.7 Å². The van der Waals surface area contributed by atoms with E-state index in [9.17, 15) is 4.79 Å². The van der Waals surface area contributed by atoms with Crippen molar-refractivity contribution in [1.82, 2.24) is 10.6 Å². The molecule has 0 aliphatic rings. The molecule has 1 atom stereocenters. The van der Waals surface area contributed by atoms with E-state index in [4.69, 9.17) is 14.2 Å². The Kier molecular flexibility index (Phi) is 9.55. The zero-order valence-corrected chi connectivity index (χ0v) is 12.7. The molecule has 19 heavy (non-hydrogen) atoms. The first-order valence-electron chi connectivity index (χ1n) is 6.62. The summed E-state index contributed by atoms with van der Waals surface area (Å²) in [5.74, 6) is 0. The molecule has 0 spiro atoms. The van der Waals surface area contributed by atoms with E-state index in [-0.39, 0.29) is 6.04 Å². The maximum atomic E-state index is 11.4. The predicted molar refractivity (Wildman–Crippen MR) is 74.4 cm³/mol. The van der Waals surface area contributed by atoms with E-state index in [0.717, 1.165) is 6.54 Å². The van der Waals surface area contributed by atoms with Gasteiger partial charge >= 0.3 is 6.09 Å². The van der Waals surface area contributed by atoms with Crippen LogP contribution in [0.15, 0.2) is 0 Å². The van der Waals surface area contributed by atoms with E-state index in [1.54, 1.807) is 7.11 Å². The minimum Gasteiger partial charge on any atom is -0.444 e. The lowest BCUT2D eigenvalue weighted by atomic mass is 10.2. The van der Waals surface area contributed by atoms with E-state index in [2.05, 4.69) is 10.6 Å². The number of methoxy groups -OCH3 is 1. The third kappa shape index (κ3) is 13.4. The van der Waals surface area contributed by atoms with Crippen LogP contribution in [-0.2, 0) is 14.2 Å². The Bertz CT molecular complexity index is 241. The highest BCUT2D eigenvalue weighted by Gasteiger charge is 2.16. The highest BCUT2D eigenvalue weighted by Crippen LogP contribution is 2.06. The second-order valence-corrected chi connectivity index (χ2v) is 5.34. The Morgan fingerprint density at radius 3 is 2.47 bits per heavy atom. The SMILES string of the molecule is COCCOCCNC(C)CNC(=O)OC(C)(C)C. The number of amides is 1. The van der Waals surface area contributed by atoms with Crippen LogP contribution in [-0.4, -0.2) is 57.8 Å². The molecule has 0 heterocycles. The van der Waals surface area contributed by atoms with Gasteiger partial charge in [-0.15, -0.1) is 0 Å². The van der Waals surface area contributed by atoms with Crippen molar-refractivity contribution in [2.75, 3.05) is 40.0 Å². The molecule has 1 amide bonds. The third-order valence-electron chi connectivity index (χ3n) is 2.12. The minimum absolute atomic E-state index is 0.165. The summed E-state index contributed by atoms with van der Waals surface area (Å²) in [4.78, 5) is 11.4. The number of nitrogens with one attached hydrogen (secondary N) is 2. The van der Waals surface area contributed by atoms with Gasteiger partial charge in [0.15, 0.2) is 0 Å². The van der Waals surface area contributed by atoms with Gasteiger partial charge in [-0.25, -0.2) is 4.79 Å². The zero-order valence-electron chi connectivity index (χ0n) is 12.7. The first-order valence-corrected chi connectivity index (χ1v) is 6.62. The van der Waals surface area contributed by atoms with Crippen molar-refractivity contribution in [3.05, 3.63) is 0 Å². The van der Waals surface area contributed by atoms with Crippen molar-refractivity contribution in [2.24, 2.45) is 0 Å². The monoisotopic (exact) mass is 276 g/mol. The molecule has 0 aliphatic carbocycles. The van der Waals surface area contributed by atoms with Crippen molar-refractivity contribution in [2.45, 2.75) is 39.3 Å². The van der Waals surface area contributed by atoms with Crippen LogP contribution in [0.2, 0.25) is 0 Å². The third-order valence-corrected chi connectivity index (χ3v) is 2.12. The summed E-state index contributed by atoms with van der Waals surface area (Å²) in [6.07, 6.45) is -0.391. The Morgan fingerprint density at radius 2 is 1.89 bits per heavy atom. The molecule has 0 saturated carbocycles. The van der Waals surface area contributed by atoms with Crippen LogP contribution in [0.5, 0.6) is 0 Å². The van der Waals surface area contributed by atoms with Crippen molar-refractivity contribution in [3.8, 4) is 0 Å². The van der Waals surface area contributed by atoms with Gasteiger partial charge in [-0.1, -0.05) is 0 Å². The average molecular weight is 276 g/mol. The van der Waals surface area contributed by atoms with Crippen LogP contribution >= 0.6 is 0 Å². The highest BCUT2D eigenvalue weighted by molar-refractivity contribution is 5.67. The Hall–Kier alpha value is -0.850. The maximum absolute atomic E-state index is 11.4. The van der Waals surface area contributed by atoms with Crippen LogP contribution in [0.1, 0.15) is 27.7 Å². The molecule has 114 valence electrons. The summed E-state index contributed by atoms with van der Waals surface area (Å²) in [6, 6.07) is 0.165. The van der Waals surface area contributed by atoms with Crippen LogP contribution in [0, 0.1) is 0 Å².